The molecule has 2 N–H and O–H groups in total. The van der Waals surface area contributed by atoms with E-state index in [9.17, 15) is 0 Å². The van der Waals surface area contributed by atoms with Gasteiger partial charge in [-0.3, -0.25) is 0 Å². The van der Waals surface area contributed by atoms with E-state index in [1.54, 1.807) is 0 Å². The lowest BCUT2D eigenvalue weighted by Gasteiger charge is -2.32. The Kier molecular flexibility index (Phi) is 4.35. The van der Waals surface area contributed by atoms with Gasteiger partial charge in [-0.2, -0.15) is 0 Å². The fourth-order valence-electron chi connectivity index (χ4n) is 2.11. The van der Waals surface area contributed by atoms with Crippen LogP contribution in [-0.2, 0) is 0 Å². The summed E-state index contributed by atoms with van der Waals surface area (Å²) in [6.07, 6.45) is 2.69. The van der Waals surface area contributed by atoms with Gasteiger partial charge in [0.2, 0.25) is 0 Å². The molecule has 0 aromatic rings. The van der Waals surface area contributed by atoms with Gasteiger partial charge in [-0.05, 0) is 47.3 Å². The lowest BCUT2D eigenvalue weighted by molar-refractivity contribution is 0.172. The van der Waals surface area contributed by atoms with Gasteiger partial charge in [-0.25, -0.2) is 0 Å². The number of likely N-dealkylation sites (N-methyl/N-ethyl adjacent to an activating group) is 2. The summed E-state index contributed by atoms with van der Waals surface area (Å²) >= 11 is 0. The van der Waals surface area contributed by atoms with Crippen molar-refractivity contribution in [2.45, 2.75) is 44.8 Å². The second-order valence-corrected chi connectivity index (χ2v) is 4.82. The van der Waals surface area contributed by atoms with Gasteiger partial charge in [-0.15, -0.1) is 0 Å². The molecule has 0 radical (unpaired) electrons. The minimum atomic E-state index is 0.256. The summed E-state index contributed by atoms with van der Waals surface area (Å²) < 4.78 is 0. The van der Waals surface area contributed by atoms with Crippen molar-refractivity contribution < 1.29 is 0 Å². The zero-order valence-corrected chi connectivity index (χ0v) is 10.0. The molecule has 1 aliphatic heterocycles. The number of likely N-dealkylation sites (tertiary alicyclic amines) is 1. The van der Waals surface area contributed by atoms with Gasteiger partial charge in [0.15, 0.2) is 0 Å². The van der Waals surface area contributed by atoms with E-state index in [2.05, 4.69) is 37.7 Å². The molecule has 1 saturated heterocycles. The quantitative estimate of drug-likeness (QED) is 0.725. The molecule has 3 nitrogen and oxygen atoms in total. The van der Waals surface area contributed by atoms with Crippen LogP contribution in [0.25, 0.3) is 0 Å². The predicted molar refractivity (Wildman–Crippen MR) is 61.4 cm³/mol. The van der Waals surface area contributed by atoms with E-state index in [0.29, 0.717) is 6.04 Å². The van der Waals surface area contributed by atoms with Crippen LogP contribution in [-0.4, -0.2) is 55.1 Å². The number of nitrogens with zero attached hydrogens (tertiary/aromatic N) is 2. The smallest absolute Gasteiger partial charge is 0.0220 e. The van der Waals surface area contributed by atoms with E-state index in [-0.39, 0.29) is 6.04 Å². The lowest BCUT2D eigenvalue weighted by Crippen LogP contribution is -2.47. The van der Waals surface area contributed by atoms with Crippen LogP contribution in [0.4, 0.5) is 0 Å². The molecule has 0 aromatic carbocycles. The van der Waals surface area contributed by atoms with Crippen molar-refractivity contribution in [2.24, 2.45) is 5.73 Å². The van der Waals surface area contributed by atoms with Crippen molar-refractivity contribution in [1.29, 1.82) is 0 Å². The third-order valence-corrected chi connectivity index (χ3v) is 3.63. The van der Waals surface area contributed by atoms with Crippen LogP contribution in [0.5, 0.6) is 0 Å². The summed E-state index contributed by atoms with van der Waals surface area (Å²) in [6.45, 7) is 6.70. The first kappa shape index (κ1) is 12.0. The fraction of sp³-hybridized carbons (Fsp3) is 1.00. The molecule has 3 unspecified atom stereocenters. The Bertz CT molecular complexity index is 170. The summed E-state index contributed by atoms with van der Waals surface area (Å²) in [6, 6.07) is 1.47. The van der Waals surface area contributed by atoms with Gasteiger partial charge in [-0.1, -0.05) is 0 Å². The molecule has 0 aliphatic carbocycles. The normalized spacial score (nSPS) is 28.3. The fourth-order valence-corrected chi connectivity index (χ4v) is 2.11. The standard InChI is InChI=1S/C11H25N3/c1-9(12)10(2)14(4)8-11-6-5-7-13(11)3/h9-11H,5-8,12H2,1-4H3. The molecule has 1 heterocycles. The van der Waals surface area contributed by atoms with Crippen molar-refractivity contribution in [2.75, 3.05) is 27.2 Å². The number of rotatable bonds is 4. The van der Waals surface area contributed by atoms with E-state index in [0.717, 1.165) is 12.6 Å². The molecule has 0 aromatic heterocycles. The van der Waals surface area contributed by atoms with Crippen LogP contribution in [0.2, 0.25) is 0 Å². The topological polar surface area (TPSA) is 32.5 Å². The van der Waals surface area contributed by atoms with Gasteiger partial charge in [0.1, 0.15) is 0 Å². The van der Waals surface area contributed by atoms with Gasteiger partial charge >= 0.3 is 0 Å². The third kappa shape index (κ3) is 2.94. The molecule has 3 atom stereocenters. The maximum atomic E-state index is 5.89. The minimum Gasteiger partial charge on any atom is -0.327 e. The van der Waals surface area contributed by atoms with Crippen molar-refractivity contribution >= 4 is 0 Å². The maximum absolute atomic E-state index is 5.89. The van der Waals surface area contributed by atoms with E-state index < -0.39 is 0 Å². The minimum absolute atomic E-state index is 0.256. The molecule has 0 spiro atoms. The van der Waals surface area contributed by atoms with Crippen LogP contribution in [0.15, 0.2) is 0 Å². The Morgan fingerprint density at radius 3 is 2.57 bits per heavy atom. The summed E-state index contributed by atoms with van der Waals surface area (Å²) in [7, 11) is 4.40. The SMILES string of the molecule is CC(N)C(C)N(C)CC1CCCN1C. The first-order valence-electron chi connectivity index (χ1n) is 5.68. The van der Waals surface area contributed by atoms with Crippen LogP contribution < -0.4 is 5.73 Å². The molecule has 3 heteroatoms. The Balaban J connectivity index is 2.35. The Morgan fingerprint density at radius 1 is 1.50 bits per heavy atom. The number of hydrogen-bond acceptors (Lipinski definition) is 3. The predicted octanol–water partition coefficient (Wildman–Crippen LogP) is 0.748. The zero-order chi connectivity index (χ0) is 10.7. The van der Waals surface area contributed by atoms with Crippen molar-refractivity contribution in [3.8, 4) is 0 Å². The molecular weight excluding hydrogens is 174 g/mol. The van der Waals surface area contributed by atoms with E-state index in [4.69, 9.17) is 5.73 Å². The zero-order valence-electron chi connectivity index (χ0n) is 10.0. The van der Waals surface area contributed by atoms with Gasteiger partial charge in [0.25, 0.3) is 0 Å². The average Bonchev–Trinajstić information content (AvgIpc) is 2.50. The third-order valence-electron chi connectivity index (χ3n) is 3.63. The molecule has 1 aliphatic rings. The molecule has 1 rings (SSSR count). The van der Waals surface area contributed by atoms with E-state index in [1.807, 2.05) is 0 Å². The summed E-state index contributed by atoms with van der Waals surface area (Å²) in [5.41, 5.74) is 5.89. The van der Waals surface area contributed by atoms with E-state index >= 15 is 0 Å². The maximum Gasteiger partial charge on any atom is 0.0220 e. The molecule has 0 amide bonds. The highest BCUT2D eigenvalue weighted by molar-refractivity contribution is 4.82. The molecule has 0 saturated carbocycles. The summed E-state index contributed by atoms with van der Waals surface area (Å²) in [5.74, 6) is 0. The summed E-state index contributed by atoms with van der Waals surface area (Å²) in [5, 5.41) is 0. The Labute approximate surface area is 88.2 Å². The molecule has 84 valence electrons. The molecular formula is C11H25N3. The highest BCUT2D eigenvalue weighted by Crippen LogP contribution is 2.16. The number of hydrogen-bond donors (Lipinski definition) is 1. The van der Waals surface area contributed by atoms with Crippen LogP contribution in [0.1, 0.15) is 26.7 Å². The Hall–Kier alpha value is -0.120. The molecule has 1 fully saturated rings. The summed E-state index contributed by atoms with van der Waals surface area (Å²) in [4.78, 5) is 4.85. The van der Waals surface area contributed by atoms with Crippen LogP contribution in [0.3, 0.4) is 0 Å². The van der Waals surface area contributed by atoms with Crippen LogP contribution in [0, 0.1) is 0 Å². The van der Waals surface area contributed by atoms with E-state index in [1.165, 1.54) is 19.4 Å². The van der Waals surface area contributed by atoms with Crippen molar-refractivity contribution in [1.82, 2.24) is 9.80 Å². The second-order valence-electron chi connectivity index (χ2n) is 4.82. The average molecular weight is 199 g/mol. The van der Waals surface area contributed by atoms with Gasteiger partial charge in [0, 0.05) is 24.7 Å². The molecule has 0 bridgehead atoms. The highest BCUT2D eigenvalue weighted by atomic mass is 15.2. The first-order valence-corrected chi connectivity index (χ1v) is 5.68. The van der Waals surface area contributed by atoms with Crippen LogP contribution >= 0.6 is 0 Å². The number of nitrogens with two attached hydrogens (primary N) is 1. The van der Waals surface area contributed by atoms with Crippen molar-refractivity contribution in [3.63, 3.8) is 0 Å². The largest absolute Gasteiger partial charge is 0.327 e. The molecule has 14 heavy (non-hydrogen) atoms. The monoisotopic (exact) mass is 199 g/mol. The lowest BCUT2D eigenvalue weighted by atomic mass is 10.1. The first-order chi connectivity index (χ1) is 6.52. The van der Waals surface area contributed by atoms with Gasteiger partial charge < -0.3 is 15.5 Å². The highest BCUT2D eigenvalue weighted by Gasteiger charge is 2.24. The second kappa shape index (κ2) is 5.10. The van der Waals surface area contributed by atoms with Crippen molar-refractivity contribution in [3.05, 3.63) is 0 Å². The Morgan fingerprint density at radius 2 is 2.14 bits per heavy atom. The van der Waals surface area contributed by atoms with Gasteiger partial charge in [0.05, 0.1) is 0 Å².